The van der Waals surface area contributed by atoms with Gasteiger partial charge in [0.05, 0.1) is 26.3 Å². The molecule has 0 aliphatic carbocycles. The maximum absolute atomic E-state index is 12.3. The lowest BCUT2D eigenvalue weighted by Gasteiger charge is -2.10. The van der Waals surface area contributed by atoms with Crippen LogP contribution in [0.4, 0.5) is 0 Å². The summed E-state index contributed by atoms with van der Waals surface area (Å²) < 4.78 is 11.9. The zero-order valence-electron chi connectivity index (χ0n) is 15.2. The van der Waals surface area contributed by atoms with Crippen LogP contribution in [0.3, 0.4) is 0 Å². The fraction of sp³-hybridized carbons (Fsp3) is 0.316. The predicted octanol–water partition coefficient (Wildman–Crippen LogP) is 1.52. The summed E-state index contributed by atoms with van der Waals surface area (Å²) in [5.74, 6) is -1.19. The van der Waals surface area contributed by atoms with Crippen LogP contribution in [0.5, 0.6) is 11.5 Å². The first-order valence-corrected chi connectivity index (χ1v) is 8.36. The van der Waals surface area contributed by atoms with Crippen molar-refractivity contribution < 1.29 is 29.0 Å². The van der Waals surface area contributed by atoms with E-state index in [1.165, 1.54) is 10.6 Å². The van der Waals surface area contributed by atoms with E-state index in [9.17, 15) is 14.4 Å². The summed E-state index contributed by atoms with van der Waals surface area (Å²) in [6.07, 6.45) is 1.96. The maximum atomic E-state index is 12.3. The number of Topliss-reactive ketones (excluding diaryl/α,β-unsaturated/α-hetero) is 1. The summed E-state index contributed by atoms with van der Waals surface area (Å²) in [7, 11) is 3.09. The Kier molecular flexibility index (Phi) is 6.99. The quantitative estimate of drug-likeness (QED) is 0.482. The van der Waals surface area contributed by atoms with Gasteiger partial charge in [-0.2, -0.15) is 0 Å². The number of amides is 1. The minimum atomic E-state index is -0.971. The molecule has 8 nitrogen and oxygen atoms in total. The number of carbonyl (C=O) groups excluding carboxylic acids is 2. The normalized spacial score (nSPS) is 10.3. The molecule has 0 radical (unpaired) electrons. The van der Waals surface area contributed by atoms with E-state index in [0.717, 1.165) is 5.56 Å². The van der Waals surface area contributed by atoms with E-state index in [2.05, 4.69) is 5.32 Å². The number of aromatic nitrogens is 1. The van der Waals surface area contributed by atoms with Crippen molar-refractivity contribution in [1.82, 2.24) is 9.88 Å². The molecule has 2 rings (SSSR count). The van der Waals surface area contributed by atoms with Gasteiger partial charge in [-0.15, -0.1) is 0 Å². The van der Waals surface area contributed by atoms with Gasteiger partial charge in [-0.05, 0) is 36.2 Å². The van der Waals surface area contributed by atoms with Crippen LogP contribution < -0.4 is 14.8 Å². The largest absolute Gasteiger partial charge is 0.493 e. The average molecular weight is 374 g/mol. The molecular formula is C19H22N2O6. The Hall–Kier alpha value is -3.29. The average Bonchev–Trinajstić information content (AvgIpc) is 3.13. The van der Waals surface area contributed by atoms with Crippen LogP contribution >= 0.6 is 0 Å². The summed E-state index contributed by atoms with van der Waals surface area (Å²) in [5.41, 5.74) is 1.09. The highest BCUT2D eigenvalue weighted by Gasteiger charge is 2.19. The van der Waals surface area contributed by atoms with Crippen molar-refractivity contribution >= 4 is 17.7 Å². The van der Waals surface area contributed by atoms with Gasteiger partial charge in [0.2, 0.25) is 0 Å². The number of aryl methyl sites for hydroxylation is 1. The fourth-order valence-electron chi connectivity index (χ4n) is 2.58. The highest BCUT2D eigenvalue weighted by Crippen LogP contribution is 2.27. The molecule has 2 N–H and O–H groups in total. The minimum absolute atomic E-state index is 0.127. The van der Waals surface area contributed by atoms with Gasteiger partial charge in [0.15, 0.2) is 11.5 Å². The van der Waals surface area contributed by atoms with Crippen LogP contribution in [0.15, 0.2) is 36.5 Å². The number of carboxylic acid groups (broad SMARTS) is 1. The van der Waals surface area contributed by atoms with Crippen molar-refractivity contribution in [2.45, 2.75) is 19.4 Å². The number of hydrogen-bond acceptors (Lipinski definition) is 5. The van der Waals surface area contributed by atoms with Gasteiger partial charge in [-0.3, -0.25) is 14.4 Å². The number of nitrogens with one attached hydrogen (secondary N) is 1. The molecule has 0 unspecified atom stereocenters. The molecule has 0 bridgehead atoms. The molecule has 0 saturated heterocycles. The van der Waals surface area contributed by atoms with E-state index >= 15 is 0 Å². The Morgan fingerprint density at radius 3 is 2.52 bits per heavy atom. The second-order valence-electron chi connectivity index (χ2n) is 5.75. The first-order chi connectivity index (χ1) is 13.0. The monoisotopic (exact) mass is 374 g/mol. The number of nitrogens with zero attached hydrogens (tertiary/aromatic N) is 1. The first kappa shape index (κ1) is 20.0. The molecule has 0 saturated carbocycles. The molecule has 0 aliphatic rings. The molecule has 0 aliphatic heterocycles. The minimum Gasteiger partial charge on any atom is -0.493 e. The lowest BCUT2D eigenvalue weighted by Crippen LogP contribution is -2.33. The molecule has 1 aromatic heterocycles. The number of ketones is 1. The Morgan fingerprint density at radius 1 is 1.11 bits per heavy atom. The molecule has 1 heterocycles. The highest BCUT2D eigenvalue weighted by atomic mass is 16.5. The van der Waals surface area contributed by atoms with Crippen LogP contribution in [0.25, 0.3) is 0 Å². The third-order valence-electron chi connectivity index (χ3n) is 3.98. The molecule has 0 fully saturated rings. The second-order valence-corrected chi connectivity index (χ2v) is 5.75. The van der Waals surface area contributed by atoms with Crippen molar-refractivity contribution in [2.75, 3.05) is 20.8 Å². The summed E-state index contributed by atoms with van der Waals surface area (Å²) in [6, 6.07) is 8.54. The predicted molar refractivity (Wildman–Crippen MR) is 97.3 cm³/mol. The number of hydrogen-bond donors (Lipinski definition) is 2. The second kappa shape index (κ2) is 9.42. The van der Waals surface area contributed by atoms with E-state index in [4.69, 9.17) is 14.6 Å². The van der Waals surface area contributed by atoms with Crippen molar-refractivity contribution in [3.05, 3.63) is 47.8 Å². The smallest absolute Gasteiger partial charge is 0.305 e. The molecule has 8 heteroatoms. The van der Waals surface area contributed by atoms with Gasteiger partial charge in [0, 0.05) is 19.3 Å². The number of rotatable bonds is 10. The molecule has 144 valence electrons. The van der Waals surface area contributed by atoms with Gasteiger partial charge in [0.1, 0.15) is 0 Å². The number of carboxylic acids is 1. The number of carbonyl (C=O) groups is 3. The number of benzene rings is 1. The van der Waals surface area contributed by atoms with Crippen LogP contribution in [0.1, 0.15) is 22.5 Å². The Balaban J connectivity index is 1.91. The van der Waals surface area contributed by atoms with Crippen molar-refractivity contribution in [3.8, 4) is 11.5 Å². The van der Waals surface area contributed by atoms with Gasteiger partial charge in [-0.1, -0.05) is 6.07 Å². The topological polar surface area (TPSA) is 107 Å². The molecule has 0 atom stereocenters. The third-order valence-corrected chi connectivity index (χ3v) is 3.98. The van der Waals surface area contributed by atoms with Crippen LogP contribution in [0.2, 0.25) is 0 Å². The van der Waals surface area contributed by atoms with Crippen molar-refractivity contribution in [3.63, 3.8) is 0 Å². The molecule has 27 heavy (non-hydrogen) atoms. The van der Waals surface area contributed by atoms with E-state index < -0.39 is 17.7 Å². The summed E-state index contributed by atoms with van der Waals surface area (Å²) in [5, 5.41) is 11.3. The van der Waals surface area contributed by atoms with Gasteiger partial charge >= 0.3 is 5.97 Å². The van der Waals surface area contributed by atoms with Crippen LogP contribution in [-0.2, 0) is 22.6 Å². The lowest BCUT2D eigenvalue weighted by molar-refractivity contribution is -0.137. The number of ether oxygens (including phenoxy) is 2. The molecule has 1 aromatic carbocycles. The Morgan fingerprint density at radius 2 is 1.85 bits per heavy atom. The van der Waals surface area contributed by atoms with Gasteiger partial charge < -0.3 is 24.5 Å². The van der Waals surface area contributed by atoms with E-state index in [1.54, 1.807) is 32.5 Å². The summed E-state index contributed by atoms with van der Waals surface area (Å²) in [6.45, 7) is 0.401. The van der Waals surface area contributed by atoms with Crippen LogP contribution in [0, 0.1) is 0 Å². The zero-order valence-corrected chi connectivity index (χ0v) is 15.2. The van der Waals surface area contributed by atoms with Crippen molar-refractivity contribution in [2.24, 2.45) is 0 Å². The van der Waals surface area contributed by atoms with E-state index in [0.29, 0.717) is 17.9 Å². The Bertz CT molecular complexity index is 827. The SMILES string of the molecule is COc1ccc(CCNC(=O)C(=O)c2cccn2CCC(=O)O)cc1OC. The van der Waals surface area contributed by atoms with E-state index in [1.807, 2.05) is 12.1 Å². The highest BCUT2D eigenvalue weighted by molar-refractivity contribution is 6.42. The van der Waals surface area contributed by atoms with Gasteiger partial charge in [0.25, 0.3) is 11.7 Å². The van der Waals surface area contributed by atoms with Crippen molar-refractivity contribution in [1.29, 1.82) is 0 Å². The third kappa shape index (κ3) is 5.34. The lowest BCUT2D eigenvalue weighted by atomic mass is 10.1. The molecular weight excluding hydrogens is 352 g/mol. The number of aliphatic carboxylic acids is 1. The van der Waals surface area contributed by atoms with Gasteiger partial charge in [-0.25, -0.2) is 0 Å². The van der Waals surface area contributed by atoms with Crippen LogP contribution in [-0.4, -0.2) is 48.1 Å². The summed E-state index contributed by atoms with van der Waals surface area (Å²) >= 11 is 0. The Labute approximate surface area is 156 Å². The molecule has 1 amide bonds. The molecule has 2 aromatic rings. The summed E-state index contributed by atoms with van der Waals surface area (Å²) in [4.78, 5) is 35.1. The standard InChI is InChI=1S/C19H22N2O6/c1-26-15-6-5-13(12-16(15)27-2)7-9-20-19(25)18(24)14-4-3-10-21(14)11-8-17(22)23/h3-6,10,12H,7-9,11H2,1-2H3,(H,20,25)(H,22,23). The fourth-order valence-corrected chi connectivity index (χ4v) is 2.58. The van der Waals surface area contributed by atoms with E-state index in [-0.39, 0.29) is 25.2 Å². The first-order valence-electron chi connectivity index (χ1n) is 8.36. The maximum Gasteiger partial charge on any atom is 0.305 e. The zero-order chi connectivity index (χ0) is 19.8. The molecule has 0 spiro atoms. The number of methoxy groups -OCH3 is 2.